The Hall–Kier alpha value is -13.1. The average molecular weight is 1650 g/mol. The van der Waals surface area contributed by atoms with E-state index < -0.39 is 17.8 Å². The molecule has 0 aliphatic rings. The highest BCUT2D eigenvalue weighted by Gasteiger charge is 2.30. The highest BCUT2D eigenvalue weighted by atomic mass is 35.5. The van der Waals surface area contributed by atoms with Crippen LogP contribution < -0.4 is 62.4 Å². The van der Waals surface area contributed by atoms with Crippen LogP contribution in [0.2, 0.25) is 0 Å². The van der Waals surface area contributed by atoms with Crippen LogP contribution in [-0.4, -0.2) is 155 Å². The molecule has 0 radical (unpaired) electrons. The van der Waals surface area contributed by atoms with Gasteiger partial charge in [-0.2, -0.15) is 0 Å². The number of halogens is 2. The van der Waals surface area contributed by atoms with E-state index in [1.807, 2.05) is 122 Å². The monoisotopic (exact) mass is 1650 g/mol. The van der Waals surface area contributed by atoms with Gasteiger partial charge in [0, 0.05) is 80.8 Å². The number of ether oxygens (including phenoxy) is 15. The molecular weight excluding hydrogens is 1550 g/mol. The number of aryl methyl sites for hydroxylation is 1. The zero-order valence-corrected chi connectivity index (χ0v) is 70.3. The van der Waals surface area contributed by atoms with E-state index in [-0.39, 0.29) is 48.5 Å². The van der Waals surface area contributed by atoms with Crippen molar-refractivity contribution in [1.29, 1.82) is 0 Å². The number of methoxy groups -OCH3 is 15. The summed E-state index contributed by atoms with van der Waals surface area (Å²) in [6.07, 6.45) is 8.46. The van der Waals surface area contributed by atoms with Gasteiger partial charge in [-0.25, -0.2) is 0 Å². The molecule has 2 unspecified atom stereocenters. The number of aromatic nitrogens is 5. The molecule has 5 heterocycles. The number of nitrogens with one attached hydrogen (secondary N) is 1. The van der Waals surface area contributed by atoms with Crippen LogP contribution in [0.25, 0.3) is 54.4 Å². The van der Waals surface area contributed by atoms with E-state index >= 15 is 0 Å². The zero-order valence-electron chi connectivity index (χ0n) is 68.8. The number of esters is 3. The van der Waals surface area contributed by atoms with Crippen LogP contribution in [0.4, 0.5) is 0 Å². The van der Waals surface area contributed by atoms with Gasteiger partial charge in [0.05, 0.1) is 147 Å². The van der Waals surface area contributed by atoms with Crippen molar-refractivity contribution in [2.45, 2.75) is 57.2 Å². The number of hydrogen-bond acceptors (Lipinski definition) is 24. The van der Waals surface area contributed by atoms with Gasteiger partial charge in [-0.05, 0) is 192 Å². The molecule has 618 valence electrons. The van der Waals surface area contributed by atoms with E-state index in [1.165, 1.54) is 42.5 Å². The lowest BCUT2D eigenvalue weighted by Gasteiger charge is -2.20. The Bertz CT molecular complexity index is 5750. The molecule has 0 spiro atoms. The number of fused-ring (bicyclic) bond motifs is 5. The molecule has 2 atom stereocenters. The maximum absolute atomic E-state index is 12.8. The largest absolute Gasteiger partial charge is 0.496 e. The number of hydrogen-bond donors (Lipinski definition) is 1. The summed E-state index contributed by atoms with van der Waals surface area (Å²) >= 11 is 5.74. The van der Waals surface area contributed by atoms with Crippen LogP contribution in [0.3, 0.4) is 0 Å². The molecule has 0 saturated carbocycles. The molecule has 13 rings (SSSR count). The molecule has 27 heteroatoms. The van der Waals surface area contributed by atoms with Crippen LogP contribution in [0.5, 0.6) is 69.0 Å². The third-order valence-corrected chi connectivity index (χ3v) is 19.5. The van der Waals surface area contributed by atoms with Gasteiger partial charge in [-0.15, -0.1) is 24.0 Å². The minimum Gasteiger partial charge on any atom is -0.496 e. The van der Waals surface area contributed by atoms with Crippen molar-refractivity contribution in [3.8, 4) is 69.0 Å². The van der Waals surface area contributed by atoms with E-state index in [0.29, 0.717) is 87.2 Å². The summed E-state index contributed by atoms with van der Waals surface area (Å²) < 4.78 is 78.7. The number of carbonyl (C=O) groups is 4. The van der Waals surface area contributed by atoms with Crippen molar-refractivity contribution in [3.05, 3.63) is 249 Å². The molecule has 0 amide bonds. The average Bonchev–Trinajstić information content (AvgIpc) is 0.766. The number of H-pyrrole nitrogens is 1. The molecule has 1 N–H and O–H groups in total. The predicted molar refractivity (Wildman–Crippen MR) is 456 cm³/mol. The van der Waals surface area contributed by atoms with Crippen LogP contribution in [0.1, 0.15) is 79.3 Å². The molecule has 0 bridgehead atoms. The van der Waals surface area contributed by atoms with E-state index in [1.54, 1.807) is 138 Å². The molecule has 8 aromatic carbocycles. The second kappa shape index (κ2) is 43.5. The summed E-state index contributed by atoms with van der Waals surface area (Å²) in [5.41, 5.74) is 10.9. The first kappa shape index (κ1) is 90.4. The number of Topliss-reactive ketones (excluding diaryl/α,β-unsaturated/α-hetero) is 1. The zero-order chi connectivity index (χ0) is 84.4. The minimum absolute atomic E-state index is 0. The SMILES string of the molecule is COC(=O)C(Cc1cnc2cccc(OC)c2c1)c1cc(OC)c(OC)cc1C(C)=O.COC(=O)C(Cc1cnc2cccc(OC)c2c1)c1ccc(OC)c(OC)c1.COC(=O)Cc1ccc(OC)c(OC)c1.COc1cc2c(C)[nH]c(=O)c(Cc3cnc4cccc(OC)c4c3)c2cc1OC.COc1cccc2ncc(CCl)cc12.Cl. The van der Waals surface area contributed by atoms with E-state index in [9.17, 15) is 24.0 Å². The molecule has 5 aromatic heterocycles. The highest BCUT2D eigenvalue weighted by molar-refractivity contribution is 6.17. The van der Waals surface area contributed by atoms with Gasteiger partial charge in [0.15, 0.2) is 51.8 Å². The number of ketones is 1. The van der Waals surface area contributed by atoms with Gasteiger partial charge in [-0.1, -0.05) is 36.4 Å². The van der Waals surface area contributed by atoms with Crippen LogP contribution in [-0.2, 0) is 60.2 Å². The van der Waals surface area contributed by atoms with Crippen molar-refractivity contribution < 1.29 is 90.2 Å². The number of nitrogens with zero attached hydrogens (tertiary/aromatic N) is 4. The van der Waals surface area contributed by atoms with Gasteiger partial charge < -0.3 is 76.0 Å². The van der Waals surface area contributed by atoms with Crippen LogP contribution in [0.15, 0.2) is 187 Å². The summed E-state index contributed by atoms with van der Waals surface area (Å²) in [5, 5.41) is 5.42. The smallest absolute Gasteiger partial charge is 0.313 e. The fourth-order valence-corrected chi connectivity index (χ4v) is 13.4. The Kier molecular flexibility index (Phi) is 33.4. The number of carbonyl (C=O) groups excluding carboxylic acids is 4. The minimum atomic E-state index is -0.738. The number of alkyl halides is 1. The maximum Gasteiger partial charge on any atom is 0.313 e. The Morgan fingerprint density at radius 3 is 1.18 bits per heavy atom. The fourth-order valence-electron chi connectivity index (χ4n) is 13.2. The number of rotatable bonds is 26. The lowest BCUT2D eigenvalue weighted by atomic mass is 9.87. The van der Waals surface area contributed by atoms with Gasteiger partial charge in [0.2, 0.25) is 0 Å². The second-order valence-corrected chi connectivity index (χ2v) is 26.3. The Labute approximate surface area is 695 Å². The quantitative estimate of drug-likeness (QED) is 0.0228. The molecular formula is C91H95Cl2N5O20. The summed E-state index contributed by atoms with van der Waals surface area (Å²) in [4.78, 5) is 82.3. The number of benzene rings is 8. The summed E-state index contributed by atoms with van der Waals surface area (Å²) in [6.45, 7) is 3.32. The second-order valence-electron chi connectivity index (χ2n) is 26.1. The molecule has 13 aromatic rings. The van der Waals surface area contributed by atoms with Gasteiger partial charge in [0.25, 0.3) is 5.56 Å². The Balaban J connectivity index is 0.000000189. The van der Waals surface area contributed by atoms with Crippen molar-refractivity contribution in [2.75, 3.05) is 107 Å². The Morgan fingerprint density at radius 1 is 0.373 bits per heavy atom. The van der Waals surface area contributed by atoms with Gasteiger partial charge >= 0.3 is 17.9 Å². The number of pyridine rings is 5. The van der Waals surface area contributed by atoms with Crippen molar-refractivity contribution in [1.82, 2.24) is 24.9 Å². The van der Waals surface area contributed by atoms with E-state index in [4.69, 9.17) is 77.9 Å². The topological polar surface area (TPSA) is 291 Å². The van der Waals surface area contributed by atoms with Crippen LogP contribution in [0, 0.1) is 6.92 Å². The third kappa shape index (κ3) is 21.9. The maximum atomic E-state index is 12.8. The van der Waals surface area contributed by atoms with Crippen LogP contribution >= 0.6 is 24.0 Å². The van der Waals surface area contributed by atoms with Crippen molar-refractivity contribution in [3.63, 3.8) is 0 Å². The standard InChI is InChI=1S/C24H25NO6.C23H22N2O4.C22H23NO5.C11H10ClNO.C11H14O4.ClH/c1-14(26)16-11-22(29-3)23(30-4)12-17(16)18(24(27)31-5)9-15-10-19-20(25-13-15)7-6-8-21(19)28-2;1-13-15-10-21(28-3)22(29-4)11-16(15)17(23(26)25-13)8-14-9-18-19(24-12-14)6-5-7-20(18)27-2;1-25-19-7-5-6-18-17(19)11-14(13-23-18)10-16(22(24)28-4)15-8-9-20(26-2)21(12-15)27-3;1-14-11-4-2-3-10-9(11)5-8(6-12)7-13-10;1-13-9-5-4-8(6-10(9)14-2)7-11(12)15-3;/h6-8,10-13,18H,9H2,1-5H3;5-7,9-12H,8H2,1-4H3,(H,25,26);5-9,11-13,16H,10H2,1-4H3;2-5,7H,6H2,1H3;4-6H,7H2,1-3H3;1H. The molecule has 0 fully saturated rings. The molecule has 0 aliphatic carbocycles. The summed E-state index contributed by atoms with van der Waals surface area (Å²) in [6, 6.07) is 48.6. The van der Waals surface area contributed by atoms with Gasteiger partial charge in [0.1, 0.15) is 23.0 Å². The fraction of sp³-hybridized carbons (Fsp3) is 0.264. The van der Waals surface area contributed by atoms with E-state index in [2.05, 4.69) is 29.7 Å². The van der Waals surface area contributed by atoms with Gasteiger partial charge in [-0.3, -0.25) is 43.9 Å². The first-order chi connectivity index (χ1) is 56.6. The first-order valence-electron chi connectivity index (χ1n) is 36.6. The predicted octanol–water partition coefficient (Wildman–Crippen LogP) is 16.5. The lowest BCUT2D eigenvalue weighted by molar-refractivity contribution is -0.143. The Morgan fingerprint density at radius 2 is 0.746 bits per heavy atom. The number of aromatic amines is 1. The molecule has 118 heavy (non-hydrogen) atoms. The normalized spacial score (nSPS) is 11.0. The third-order valence-electron chi connectivity index (χ3n) is 19.2. The molecule has 0 saturated heterocycles. The van der Waals surface area contributed by atoms with Crippen molar-refractivity contribution in [2.24, 2.45) is 0 Å². The van der Waals surface area contributed by atoms with E-state index in [0.717, 1.165) is 111 Å². The lowest BCUT2D eigenvalue weighted by Crippen LogP contribution is -2.20. The first-order valence-corrected chi connectivity index (χ1v) is 37.1. The molecule has 0 aliphatic heterocycles. The summed E-state index contributed by atoms with van der Waals surface area (Å²) in [7, 11) is 23.0. The summed E-state index contributed by atoms with van der Waals surface area (Å²) in [5.74, 6) is 5.47. The highest BCUT2D eigenvalue weighted by Crippen LogP contribution is 2.40. The van der Waals surface area contributed by atoms with Crippen molar-refractivity contribution >= 4 is 102 Å². The molecule has 25 nitrogen and oxygen atoms in total.